The first-order valence-corrected chi connectivity index (χ1v) is 8.14. The molecule has 0 unspecified atom stereocenters. The molecule has 1 amide bonds. The van der Waals surface area contributed by atoms with E-state index in [1.807, 2.05) is 17.0 Å². The third-order valence-electron chi connectivity index (χ3n) is 4.72. The van der Waals surface area contributed by atoms with Gasteiger partial charge in [0.05, 0.1) is 17.8 Å². The fraction of sp³-hybridized carbons (Fsp3) is 0.316. The van der Waals surface area contributed by atoms with Crippen molar-refractivity contribution < 1.29 is 9.18 Å². The van der Waals surface area contributed by atoms with Gasteiger partial charge in [0.25, 0.3) is 0 Å². The smallest absolute Gasteiger partial charge is 0.231 e. The number of hydrogen-bond donors (Lipinski definition) is 0. The van der Waals surface area contributed by atoms with Crippen LogP contribution < -0.4 is 9.80 Å². The van der Waals surface area contributed by atoms with E-state index in [9.17, 15) is 9.18 Å². The molecule has 118 valence electrons. The normalized spacial score (nSPS) is 16.2. The van der Waals surface area contributed by atoms with E-state index in [-0.39, 0.29) is 18.1 Å². The van der Waals surface area contributed by atoms with Crippen LogP contribution in [-0.2, 0) is 17.6 Å². The van der Waals surface area contributed by atoms with Crippen molar-refractivity contribution in [3.05, 3.63) is 59.4 Å². The van der Waals surface area contributed by atoms with Crippen LogP contribution in [0.25, 0.3) is 0 Å². The monoisotopic (exact) mass is 310 g/mol. The number of carbonyl (C=O) groups is 1. The summed E-state index contributed by atoms with van der Waals surface area (Å²) in [6.45, 7) is 2.64. The van der Waals surface area contributed by atoms with E-state index in [1.165, 1.54) is 29.8 Å². The van der Waals surface area contributed by atoms with Gasteiger partial charge < -0.3 is 9.80 Å². The van der Waals surface area contributed by atoms with E-state index in [1.54, 1.807) is 12.1 Å². The SMILES string of the molecule is O=C(Cc1cccc(F)c1)N1CCN2CCCc3cccc1c32. The number of rotatable bonds is 2. The predicted octanol–water partition coefficient (Wildman–Crippen LogP) is 3.17. The van der Waals surface area contributed by atoms with Crippen molar-refractivity contribution in [2.24, 2.45) is 0 Å². The standard InChI is InChI=1S/C19H19FN2O/c20-16-7-1-4-14(12-16)13-18(23)22-11-10-21-9-3-6-15-5-2-8-17(22)19(15)21/h1-2,4-5,7-8,12H,3,6,9-11,13H2. The molecule has 3 nitrogen and oxygen atoms in total. The van der Waals surface area contributed by atoms with Crippen LogP contribution in [0.4, 0.5) is 15.8 Å². The number of amides is 1. The fourth-order valence-electron chi connectivity index (χ4n) is 3.68. The van der Waals surface area contributed by atoms with E-state index in [4.69, 9.17) is 0 Å². The predicted molar refractivity (Wildman–Crippen MR) is 89.4 cm³/mol. The van der Waals surface area contributed by atoms with Crippen LogP contribution in [0.3, 0.4) is 0 Å². The summed E-state index contributed by atoms with van der Waals surface area (Å²) in [5.74, 6) is -0.258. The van der Waals surface area contributed by atoms with Gasteiger partial charge in [0.1, 0.15) is 5.82 Å². The Morgan fingerprint density at radius 2 is 1.96 bits per heavy atom. The average molecular weight is 310 g/mol. The van der Waals surface area contributed by atoms with Crippen molar-refractivity contribution in [2.45, 2.75) is 19.3 Å². The molecule has 4 heteroatoms. The first kappa shape index (κ1) is 14.2. The molecule has 2 heterocycles. The molecule has 2 aromatic carbocycles. The second-order valence-electron chi connectivity index (χ2n) is 6.23. The highest BCUT2D eigenvalue weighted by molar-refractivity contribution is 5.99. The quantitative estimate of drug-likeness (QED) is 0.850. The summed E-state index contributed by atoms with van der Waals surface area (Å²) in [4.78, 5) is 17.0. The van der Waals surface area contributed by atoms with E-state index in [0.29, 0.717) is 6.54 Å². The van der Waals surface area contributed by atoms with Crippen LogP contribution in [-0.4, -0.2) is 25.5 Å². The van der Waals surface area contributed by atoms with Gasteiger partial charge in [0.15, 0.2) is 0 Å². The Bertz CT molecular complexity index is 759. The summed E-state index contributed by atoms with van der Waals surface area (Å²) in [6, 6.07) is 12.5. The van der Waals surface area contributed by atoms with Gasteiger partial charge in [-0.25, -0.2) is 4.39 Å². The maximum atomic E-state index is 13.3. The molecule has 4 rings (SSSR count). The van der Waals surface area contributed by atoms with Gasteiger partial charge in [0, 0.05) is 19.6 Å². The number of aryl methyl sites for hydroxylation is 1. The zero-order valence-electron chi connectivity index (χ0n) is 13.0. The molecule has 0 atom stereocenters. The molecule has 0 saturated heterocycles. The Morgan fingerprint density at radius 1 is 1.09 bits per heavy atom. The van der Waals surface area contributed by atoms with Crippen molar-refractivity contribution in [3.63, 3.8) is 0 Å². The number of carbonyl (C=O) groups excluding carboxylic acids is 1. The molecule has 0 saturated carbocycles. The van der Waals surface area contributed by atoms with Gasteiger partial charge in [0.2, 0.25) is 5.91 Å². The van der Waals surface area contributed by atoms with Gasteiger partial charge in [-0.1, -0.05) is 24.3 Å². The van der Waals surface area contributed by atoms with Gasteiger partial charge in [-0.2, -0.15) is 0 Å². The van der Waals surface area contributed by atoms with Gasteiger partial charge in [-0.05, 0) is 42.2 Å². The zero-order chi connectivity index (χ0) is 15.8. The van der Waals surface area contributed by atoms with Crippen molar-refractivity contribution in [2.75, 3.05) is 29.4 Å². The maximum Gasteiger partial charge on any atom is 0.231 e. The Kier molecular flexibility index (Phi) is 3.52. The van der Waals surface area contributed by atoms with Crippen molar-refractivity contribution in [1.29, 1.82) is 0 Å². The molecule has 0 aliphatic carbocycles. The third-order valence-corrected chi connectivity index (χ3v) is 4.72. The topological polar surface area (TPSA) is 23.6 Å². The first-order chi connectivity index (χ1) is 11.2. The molecular formula is C19H19FN2O. The molecular weight excluding hydrogens is 291 g/mol. The van der Waals surface area contributed by atoms with Gasteiger partial charge in [-0.15, -0.1) is 0 Å². The maximum absolute atomic E-state index is 13.3. The molecule has 0 aromatic heterocycles. The minimum absolute atomic E-state index is 0.0363. The molecule has 0 fully saturated rings. The largest absolute Gasteiger partial charge is 0.368 e. The minimum Gasteiger partial charge on any atom is -0.368 e. The lowest BCUT2D eigenvalue weighted by Gasteiger charge is -2.41. The number of nitrogens with zero attached hydrogens (tertiary/aromatic N) is 2. The van der Waals surface area contributed by atoms with Crippen LogP contribution in [0.5, 0.6) is 0 Å². The summed E-state index contributed by atoms with van der Waals surface area (Å²) in [6.07, 6.45) is 2.49. The van der Waals surface area contributed by atoms with E-state index >= 15 is 0 Å². The fourth-order valence-corrected chi connectivity index (χ4v) is 3.68. The number of para-hydroxylation sites is 1. The minimum atomic E-state index is -0.294. The van der Waals surface area contributed by atoms with Crippen molar-refractivity contribution >= 4 is 17.3 Å². The molecule has 0 bridgehead atoms. The second kappa shape index (κ2) is 5.69. The second-order valence-corrected chi connectivity index (χ2v) is 6.23. The van der Waals surface area contributed by atoms with E-state index in [0.717, 1.165) is 30.8 Å². The molecule has 0 spiro atoms. The number of hydrogen-bond acceptors (Lipinski definition) is 2. The van der Waals surface area contributed by atoms with E-state index in [2.05, 4.69) is 11.0 Å². The number of benzene rings is 2. The van der Waals surface area contributed by atoms with E-state index < -0.39 is 0 Å². The number of anilines is 2. The van der Waals surface area contributed by atoms with Crippen LogP contribution in [0.2, 0.25) is 0 Å². The van der Waals surface area contributed by atoms with Crippen LogP contribution >= 0.6 is 0 Å². The lowest BCUT2D eigenvalue weighted by molar-refractivity contribution is -0.118. The van der Waals surface area contributed by atoms with Crippen LogP contribution in [0, 0.1) is 5.82 Å². The molecule has 0 radical (unpaired) electrons. The summed E-state index contributed by atoms with van der Waals surface area (Å²) in [5, 5.41) is 0. The zero-order valence-corrected chi connectivity index (χ0v) is 13.0. The van der Waals surface area contributed by atoms with Crippen LogP contribution in [0.15, 0.2) is 42.5 Å². The third kappa shape index (κ3) is 2.58. The number of halogens is 1. The van der Waals surface area contributed by atoms with Crippen molar-refractivity contribution in [1.82, 2.24) is 0 Å². The summed E-state index contributed by atoms with van der Waals surface area (Å²) in [5.41, 5.74) is 4.28. The molecule has 0 N–H and O–H groups in total. The molecule has 2 aromatic rings. The Labute approximate surface area is 135 Å². The van der Waals surface area contributed by atoms with Crippen molar-refractivity contribution in [3.8, 4) is 0 Å². The highest BCUT2D eigenvalue weighted by atomic mass is 19.1. The molecule has 2 aliphatic rings. The highest BCUT2D eigenvalue weighted by Crippen LogP contribution is 2.39. The van der Waals surface area contributed by atoms with Gasteiger partial charge >= 0.3 is 0 Å². The van der Waals surface area contributed by atoms with Crippen LogP contribution in [0.1, 0.15) is 17.5 Å². The lowest BCUT2D eigenvalue weighted by atomic mass is 9.97. The van der Waals surface area contributed by atoms with Gasteiger partial charge in [-0.3, -0.25) is 4.79 Å². The molecule has 23 heavy (non-hydrogen) atoms. The summed E-state index contributed by atoms with van der Waals surface area (Å²) in [7, 11) is 0. The highest BCUT2D eigenvalue weighted by Gasteiger charge is 2.30. The summed E-state index contributed by atoms with van der Waals surface area (Å²) >= 11 is 0. The first-order valence-electron chi connectivity index (χ1n) is 8.14. The Morgan fingerprint density at radius 3 is 2.83 bits per heavy atom. The Balaban J connectivity index is 1.64. The average Bonchev–Trinajstić information content (AvgIpc) is 2.56. The lowest BCUT2D eigenvalue weighted by Crippen LogP contribution is -2.46. The molecule has 2 aliphatic heterocycles. The summed E-state index contributed by atoms with van der Waals surface area (Å²) < 4.78 is 13.3. The Hall–Kier alpha value is -2.36.